The van der Waals surface area contributed by atoms with E-state index in [1.54, 1.807) is 12.1 Å². The smallest absolute Gasteiger partial charge is 0.287 e. The minimum atomic E-state index is -0.585. The molecule has 2 aromatic carbocycles. The minimum absolute atomic E-state index is 0.0672. The summed E-state index contributed by atoms with van der Waals surface area (Å²) in [4.78, 5) is 24.3. The Labute approximate surface area is 148 Å². The lowest BCUT2D eigenvalue weighted by atomic mass is 10.0. The van der Waals surface area contributed by atoms with E-state index in [0.717, 1.165) is 15.8 Å². The van der Waals surface area contributed by atoms with E-state index in [1.807, 2.05) is 42.5 Å². The predicted molar refractivity (Wildman–Crippen MR) is 94.7 cm³/mol. The number of aromatic nitrogens is 2. The Morgan fingerprint density at radius 3 is 2.25 bits per heavy atom. The summed E-state index contributed by atoms with van der Waals surface area (Å²) in [6.45, 7) is -0.194. The van der Waals surface area contributed by atoms with Crippen molar-refractivity contribution in [3.05, 3.63) is 86.8 Å². The number of halogens is 2. The van der Waals surface area contributed by atoms with E-state index in [2.05, 4.69) is 5.10 Å². The monoisotopic (exact) mass is 358 g/mol. The lowest BCUT2D eigenvalue weighted by molar-refractivity contribution is 0.0965. The Hall–Kier alpha value is -2.43. The first-order valence-corrected chi connectivity index (χ1v) is 7.91. The van der Waals surface area contributed by atoms with Gasteiger partial charge in [-0.1, -0.05) is 77.8 Å². The van der Waals surface area contributed by atoms with Crippen LogP contribution in [0.3, 0.4) is 0 Å². The number of nitrogens with zero attached hydrogens (tertiary/aromatic N) is 2. The highest BCUT2D eigenvalue weighted by atomic mass is 35.5. The predicted octanol–water partition coefficient (Wildman–Crippen LogP) is 4.10. The summed E-state index contributed by atoms with van der Waals surface area (Å²) >= 11 is 11.5. The van der Waals surface area contributed by atoms with Gasteiger partial charge in [-0.3, -0.25) is 9.59 Å². The third-order valence-corrected chi connectivity index (χ3v) is 4.30. The van der Waals surface area contributed by atoms with Gasteiger partial charge in [-0.25, -0.2) is 4.68 Å². The number of hydrogen-bond acceptors (Lipinski definition) is 3. The molecule has 0 aliphatic heterocycles. The van der Waals surface area contributed by atoms with Crippen molar-refractivity contribution in [2.24, 2.45) is 0 Å². The Balaban J connectivity index is 1.81. The maximum absolute atomic E-state index is 12.3. The zero-order chi connectivity index (χ0) is 17.1. The van der Waals surface area contributed by atoms with Crippen LogP contribution in [0.2, 0.25) is 10.0 Å². The molecular weight excluding hydrogens is 347 g/mol. The van der Waals surface area contributed by atoms with Gasteiger partial charge in [0.05, 0.1) is 11.2 Å². The maximum atomic E-state index is 12.3. The molecule has 3 rings (SSSR count). The molecule has 6 heteroatoms. The molecule has 24 heavy (non-hydrogen) atoms. The van der Waals surface area contributed by atoms with E-state index in [9.17, 15) is 9.59 Å². The van der Waals surface area contributed by atoms with Crippen molar-refractivity contribution >= 4 is 29.0 Å². The fourth-order valence-electron chi connectivity index (χ4n) is 2.26. The van der Waals surface area contributed by atoms with Crippen molar-refractivity contribution in [3.63, 3.8) is 0 Å². The summed E-state index contributed by atoms with van der Waals surface area (Å²) in [5, 5.41) is 3.76. The molecule has 0 saturated carbocycles. The van der Waals surface area contributed by atoms with E-state index in [0.29, 0.717) is 5.56 Å². The molecule has 0 radical (unpaired) electrons. The molecule has 0 N–H and O–H groups in total. The number of carbonyl (C=O) groups is 1. The number of carbonyl (C=O) groups excluding carboxylic acids is 1. The fourth-order valence-corrected chi connectivity index (χ4v) is 2.53. The Kier molecular flexibility index (Phi) is 4.79. The van der Waals surface area contributed by atoms with Crippen molar-refractivity contribution < 1.29 is 4.79 Å². The zero-order valence-corrected chi connectivity index (χ0v) is 14.0. The van der Waals surface area contributed by atoms with Gasteiger partial charge in [-0.05, 0) is 11.1 Å². The summed E-state index contributed by atoms with van der Waals surface area (Å²) in [6, 6.07) is 17.0. The molecule has 0 aliphatic carbocycles. The van der Waals surface area contributed by atoms with Crippen LogP contribution in [-0.2, 0) is 6.54 Å². The van der Waals surface area contributed by atoms with E-state index in [-0.39, 0.29) is 22.4 Å². The fraction of sp³-hybridized carbons (Fsp3) is 0.0556. The van der Waals surface area contributed by atoms with Crippen LogP contribution in [0, 0.1) is 0 Å². The van der Waals surface area contributed by atoms with Crippen molar-refractivity contribution in [2.75, 3.05) is 0 Å². The molecule has 3 aromatic rings. The van der Waals surface area contributed by atoms with Gasteiger partial charge < -0.3 is 0 Å². The van der Waals surface area contributed by atoms with Crippen LogP contribution in [-0.4, -0.2) is 15.6 Å². The van der Waals surface area contributed by atoms with Crippen LogP contribution in [0.4, 0.5) is 0 Å². The summed E-state index contributed by atoms with van der Waals surface area (Å²) < 4.78 is 1.00. The topological polar surface area (TPSA) is 52.0 Å². The van der Waals surface area contributed by atoms with Gasteiger partial charge in [0.2, 0.25) is 0 Å². The standard InChI is InChI=1S/C18H12Cl2N2O2/c19-15-10-21-22(18(24)17(15)20)11-16(23)14-8-6-13(7-9-14)12-4-2-1-3-5-12/h1-10H,11H2. The zero-order valence-electron chi connectivity index (χ0n) is 12.4. The largest absolute Gasteiger partial charge is 0.292 e. The summed E-state index contributed by atoms with van der Waals surface area (Å²) in [5.41, 5.74) is 1.99. The number of benzene rings is 2. The molecule has 1 aromatic heterocycles. The quantitative estimate of drug-likeness (QED) is 0.659. The van der Waals surface area contributed by atoms with Crippen LogP contribution in [0.15, 0.2) is 65.6 Å². The molecule has 0 saturated heterocycles. The SMILES string of the molecule is O=C(Cn1ncc(Cl)c(Cl)c1=O)c1ccc(-c2ccccc2)cc1. The normalized spacial score (nSPS) is 10.6. The number of Topliss-reactive ketones (excluding diaryl/α,β-unsaturated/α-hetero) is 1. The van der Waals surface area contributed by atoms with Crippen molar-refractivity contribution in [1.82, 2.24) is 9.78 Å². The summed E-state index contributed by atoms with van der Waals surface area (Å²) in [7, 11) is 0. The van der Waals surface area contributed by atoms with E-state index < -0.39 is 5.56 Å². The van der Waals surface area contributed by atoms with E-state index in [4.69, 9.17) is 23.2 Å². The van der Waals surface area contributed by atoms with Crippen LogP contribution in [0.1, 0.15) is 10.4 Å². The Morgan fingerprint density at radius 2 is 1.58 bits per heavy atom. The van der Waals surface area contributed by atoms with Crippen molar-refractivity contribution in [2.45, 2.75) is 6.54 Å². The molecule has 0 fully saturated rings. The van der Waals surface area contributed by atoms with E-state index >= 15 is 0 Å². The number of hydrogen-bond donors (Lipinski definition) is 0. The number of rotatable bonds is 4. The second-order valence-corrected chi connectivity index (χ2v) is 5.92. The third kappa shape index (κ3) is 3.40. The van der Waals surface area contributed by atoms with Gasteiger partial charge in [-0.15, -0.1) is 0 Å². The van der Waals surface area contributed by atoms with Crippen LogP contribution in [0.25, 0.3) is 11.1 Å². The van der Waals surface area contributed by atoms with Gasteiger partial charge in [0.1, 0.15) is 11.6 Å². The van der Waals surface area contributed by atoms with Gasteiger partial charge in [0, 0.05) is 5.56 Å². The first-order chi connectivity index (χ1) is 11.6. The Morgan fingerprint density at radius 1 is 0.958 bits per heavy atom. The summed E-state index contributed by atoms with van der Waals surface area (Å²) in [6.07, 6.45) is 1.25. The van der Waals surface area contributed by atoms with Gasteiger partial charge in [-0.2, -0.15) is 5.10 Å². The van der Waals surface area contributed by atoms with Crippen LogP contribution in [0.5, 0.6) is 0 Å². The lowest BCUT2D eigenvalue weighted by Gasteiger charge is -2.06. The molecule has 120 valence electrons. The summed E-state index contributed by atoms with van der Waals surface area (Å²) in [5.74, 6) is -0.234. The second-order valence-electron chi connectivity index (χ2n) is 5.14. The molecule has 0 bridgehead atoms. The highest BCUT2D eigenvalue weighted by Gasteiger charge is 2.12. The minimum Gasteiger partial charge on any atom is -0.292 e. The average molecular weight is 359 g/mol. The third-order valence-electron chi connectivity index (χ3n) is 3.55. The molecule has 1 heterocycles. The van der Waals surface area contributed by atoms with Gasteiger partial charge in [0.25, 0.3) is 5.56 Å². The van der Waals surface area contributed by atoms with Crippen molar-refractivity contribution in [3.8, 4) is 11.1 Å². The van der Waals surface area contributed by atoms with Crippen molar-refractivity contribution in [1.29, 1.82) is 0 Å². The second kappa shape index (κ2) is 6.99. The molecule has 0 amide bonds. The van der Waals surface area contributed by atoms with Gasteiger partial charge >= 0.3 is 0 Å². The molecule has 0 aliphatic rings. The first kappa shape index (κ1) is 16.4. The highest BCUT2D eigenvalue weighted by molar-refractivity contribution is 6.41. The van der Waals surface area contributed by atoms with Gasteiger partial charge in [0.15, 0.2) is 5.78 Å². The molecule has 0 unspecified atom stereocenters. The molecule has 4 nitrogen and oxygen atoms in total. The number of ketones is 1. The van der Waals surface area contributed by atoms with Crippen LogP contribution < -0.4 is 5.56 Å². The first-order valence-electron chi connectivity index (χ1n) is 7.16. The molecule has 0 spiro atoms. The maximum Gasteiger partial charge on any atom is 0.287 e. The lowest BCUT2D eigenvalue weighted by Crippen LogP contribution is -2.27. The van der Waals surface area contributed by atoms with E-state index in [1.165, 1.54) is 6.20 Å². The van der Waals surface area contributed by atoms with Crippen LogP contribution >= 0.6 is 23.2 Å². The molecular formula is C18H12Cl2N2O2. The highest BCUT2D eigenvalue weighted by Crippen LogP contribution is 2.19. The Bertz CT molecular complexity index is 935. The average Bonchev–Trinajstić information content (AvgIpc) is 2.63. The molecule has 0 atom stereocenters.